The highest BCUT2D eigenvalue weighted by molar-refractivity contribution is 5.33. The van der Waals surface area contributed by atoms with E-state index in [2.05, 4.69) is 77.6 Å². The first-order valence-electron chi connectivity index (χ1n) is 6.38. The molecule has 0 aromatic heterocycles. The fourth-order valence-corrected chi connectivity index (χ4v) is 1.80. The van der Waals surface area contributed by atoms with E-state index in [1.165, 1.54) is 11.1 Å². The Bertz CT molecular complexity index is 421. The molecule has 0 radical (unpaired) electrons. The van der Waals surface area contributed by atoms with Crippen LogP contribution in [0.1, 0.15) is 52.2 Å². The summed E-state index contributed by atoms with van der Waals surface area (Å²) in [7, 11) is 0. The average molecular weight is 228 g/mol. The van der Waals surface area contributed by atoms with Crippen molar-refractivity contribution in [2.45, 2.75) is 53.4 Å². The lowest BCUT2D eigenvalue weighted by molar-refractivity contribution is 0.281. The smallest absolute Gasteiger partial charge is 0.0349 e. The zero-order valence-electron chi connectivity index (χ0n) is 12.0. The minimum Gasteiger partial charge on any atom is -0.103 e. The number of hydrogen-bond acceptors (Lipinski definition) is 0. The second-order valence-electron chi connectivity index (χ2n) is 5.77. The maximum Gasteiger partial charge on any atom is 0.0349 e. The maximum atomic E-state index is 3.41. The molecule has 0 unspecified atom stereocenters. The van der Waals surface area contributed by atoms with Gasteiger partial charge in [0, 0.05) is 17.3 Å². The first kappa shape index (κ1) is 13.8. The van der Waals surface area contributed by atoms with E-state index in [0.717, 1.165) is 6.42 Å². The van der Waals surface area contributed by atoms with Gasteiger partial charge in [0.25, 0.3) is 0 Å². The summed E-state index contributed by atoms with van der Waals surface area (Å²) in [5.74, 6) is 6.64. The van der Waals surface area contributed by atoms with Gasteiger partial charge in [0.15, 0.2) is 0 Å². The van der Waals surface area contributed by atoms with E-state index in [1.807, 2.05) is 0 Å². The van der Waals surface area contributed by atoms with E-state index in [0.29, 0.717) is 0 Å². The van der Waals surface area contributed by atoms with E-state index in [9.17, 15) is 0 Å². The molecule has 1 rings (SSSR count). The van der Waals surface area contributed by atoms with Crippen LogP contribution in [0.3, 0.4) is 0 Å². The van der Waals surface area contributed by atoms with Crippen LogP contribution in [0.4, 0.5) is 0 Å². The van der Waals surface area contributed by atoms with E-state index in [4.69, 9.17) is 0 Å². The third-order valence-corrected chi connectivity index (χ3v) is 3.91. The quantitative estimate of drug-likeness (QED) is 0.643. The molecule has 1 aromatic rings. The van der Waals surface area contributed by atoms with Gasteiger partial charge >= 0.3 is 0 Å². The highest BCUT2D eigenvalue weighted by atomic mass is 14.4. The lowest BCUT2D eigenvalue weighted by Gasteiger charge is -2.38. The van der Waals surface area contributed by atoms with E-state index in [-0.39, 0.29) is 10.8 Å². The minimum absolute atomic E-state index is 0.0156. The SMILES string of the molecule is CCC#CC(C)(C)C(C)(C)c1ccc(C)cc1. The predicted octanol–water partition coefficient (Wildman–Crippen LogP) is 4.71. The van der Waals surface area contributed by atoms with Crippen LogP contribution < -0.4 is 0 Å². The molecule has 0 saturated carbocycles. The molecule has 17 heavy (non-hydrogen) atoms. The summed E-state index contributed by atoms with van der Waals surface area (Å²) in [4.78, 5) is 0. The van der Waals surface area contributed by atoms with Gasteiger partial charge in [0.05, 0.1) is 0 Å². The molecule has 0 aliphatic rings. The van der Waals surface area contributed by atoms with Crippen molar-refractivity contribution in [2.75, 3.05) is 0 Å². The van der Waals surface area contributed by atoms with Crippen molar-refractivity contribution in [3.8, 4) is 11.8 Å². The van der Waals surface area contributed by atoms with Crippen molar-refractivity contribution in [3.63, 3.8) is 0 Å². The van der Waals surface area contributed by atoms with Gasteiger partial charge in [0.2, 0.25) is 0 Å². The van der Waals surface area contributed by atoms with Gasteiger partial charge in [0.1, 0.15) is 0 Å². The fourth-order valence-electron chi connectivity index (χ4n) is 1.80. The van der Waals surface area contributed by atoms with Gasteiger partial charge in [-0.05, 0) is 26.3 Å². The summed E-state index contributed by atoms with van der Waals surface area (Å²) in [5.41, 5.74) is 2.71. The normalized spacial score (nSPS) is 11.9. The Hall–Kier alpha value is -1.22. The standard InChI is InChI=1S/C17H24/c1-7-8-13-16(3,4)17(5,6)15-11-9-14(2)10-12-15/h9-12H,7H2,1-6H3. The molecular formula is C17H24. The van der Waals surface area contributed by atoms with Crippen molar-refractivity contribution < 1.29 is 0 Å². The van der Waals surface area contributed by atoms with Gasteiger partial charge in [-0.2, -0.15) is 0 Å². The van der Waals surface area contributed by atoms with Crippen molar-refractivity contribution in [2.24, 2.45) is 5.41 Å². The topological polar surface area (TPSA) is 0 Å². The number of hydrogen-bond donors (Lipinski definition) is 0. The lowest BCUT2D eigenvalue weighted by atomic mass is 9.64. The monoisotopic (exact) mass is 228 g/mol. The molecule has 0 aliphatic carbocycles. The van der Waals surface area contributed by atoms with Crippen LogP contribution in [0.25, 0.3) is 0 Å². The molecule has 0 N–H and O–H groups in total. The Labute approximate surface area is 106 Å². The average Bonchev–Trinajstić information content (AvgIpc) is 2.27. The summed E-state index contributed by atoms with van der Waals surface area (Å²) in [5, 5.41) is 0. The molecule has 92 valence electrons. The van der Waals surface area contributed by atoms with Crippen molar-refractivity contribution in [1.82, 2.24) is 0 Å². The Kier molecular flexibility index (Phi) is 4.04. The zero-order chi connectivity index (χ0) is 13.1. The van der Waals surface area contributed by atoms with Gasteiger partial charge in [-0.15, -0.1) is 5.92 Å². The third-order valence-electron chi connectivity index (χ3n) is 3.91. The van der Waals surface area contributed by atoms with Gasteiger partial charge in [-0.3, -0.25) is 0 Å². The fraction of sp³-hybridized carbons (Fsp3) is 0.529. The molecule has 0 saturated heterocycles. The molecule has 0 fully saturated rings. The van der Waals surface area contributed by atoms with Crippen LogP contribution in [0.5, 0.6) is 0 Å². The minimum atomic E-state index is -0.0156. The van der Waals surface area contributed by atoms with Gasteiger partial charge in [-0.25, -0.2) is 0 Å². The first-order valence-corrected chi connectivity index (χ1v) is 6.38. The van der Waals surface area contributed by atoms with Crippen molar-refractivity contribution in [3.05, 3.63) is 35.4 Å². The second kappa shape index (κ2) is 4.96. The van der Waals surface area contributed by atoms with Gasteiger partial charge in [-0.1, -0.05) is 56.5 Å². The van der Waals surface area contributed by atoms with Crippen LogP contribution in [-0.2, 0) is 5.41 Å². The summed E-state index contributed by atoms with van der Waals surface area (Å²) < 4.78 is 0. The molecule has 0 bridgehead atoms. The van der Waals surface area contributed by atoms with Crippen LogP contribution in [0.2, 0.25) is 0 Å². The molecule has 1 aromatic carbocycles. The molecule has 0 spiro atoms. The molecule has 0 amide bonds. The van der Waals surface area contributed by atoms with Gasteiger partial charge < -0.3 is 0 Å². The van der Waals surface area contributed by atoms with E-state index < -0.39 is 0 Å². The van der Waals surface area contributed by atoms with Crippen LogP contribution >= 0.6 is 0 Å². The van der Waals surface area contributed by atoms with Crippen LogP contribution in [-0.4, -0.2) is 0 Å². The van der Waals surface area contributed by atoms with Crippen molar-refractivity contribution in [1.29, 1.82) is 0 Å². The largest absolute Gasteiger partial charge is 0.103 e. The molecule has 0 atom stereocenters. The maximum absolute atomic E-state index is 3.41. The number of rotatable bonds is 2. The summed E-state index contributed by atoms with van der Waals surface area (Å²) in [6.45, 7) is 13.2. The summed E-state index contributed by atoms with van der Waals surface area (Å²) in [6.07, 6.45) is 0.924. The molecule has 0 heterocycles. The second-order valence-corrected chi connectivity index (χ2v) is 5.77. The Balaban J connectivity index is 3.13. The number of benzene rings is 1. The lowest BCUT2D eigenvalue weighted by Crippen LogP contribution is -2.35. The van der Waals surface area contributed by atoms with E-state index >= 15 is 0 Å². The molecule has 0 nitrogen and oxygen atoms in total. The predicted molar refractivity (Wildman–Crippen MR) is 76.1 cm³/mol. The van der Waals surface area contributed by atoms with Crippen molar-refractivity contribution >= 4 is 0 Å². The highest BCUT2D eigenvalue weighted by Gasteiger charge is 2.36. The Morgan fingerprint density at radius 1 is 1.00 bits per heavy atom. The van der Waals surface area contributed by atoms with Crippen LogP contribution in [0.15, 0.2) is 24.3 Å². The molecule has 0 heteroatoms. The third kappa shape index (κ3) is 2.91. The zero-order valence-corrected chi connectivity index (χ0v) is 12.0. The Morgan fingerprint density at radius 2 is 1.53 bits per heavy atom. The Morgan fingerprint density at radius 3 is 2.00 bits per heavy atom. The van der Waals surface area contributed by atoms with Crippen LogP contribution in [0, 0.1) is 24.2 Å². The van der Waals surface area contributed by atoms with E-state index in [1.54, 1.807) is 0 Å². The molecule has 0 aliphatic heterocycles. The summed E-state index contributed by atoms with van der Waals surface area (Å²) >= 11 is 0. The summed E-state index contributed by atoms with van der Waals surface area (Å²) in [6, 6.07) is 8.82. The first-order chi connectivity index (χ1) is 7.81. The highest BCUT2D eigenvalue weighted by Crippen LogP contribution is 2.40. The molecular weight excluding hydrogens is 204 g/mol. The number of aryl methyl sites for hydroxylation is 1.